The number of hydrogen-bond donors (Lipinski definition) is 2. The fourth-order valence-corrected chi connectivity index (χ4v) is 3.25. The molecule has 4 rings (SSSR count). The number of nitrogen functional groups attached to an aromatic ring is 1. The van der Waals surface area contributed by atoms with Crippen LogP contribution >= 0.6 is 0 Å². The van der Waals surface area contributed by atoms with E-state index in [0.29, 0.717) is 18.9 Å². The van der Waals surface area contributed by atoms with Gasteiger partial charge >= 0.3 is 0 Å². The first-order valence-corrected chi connectivity index (χ1v) is 8.17. The maximum Gasteiger partial charge on any atom is 0.254 e. The number of fused-ring (bicyclic) bond motifs is 1. The molecule has 0 saturated carbocycles. The molecular formula is C18H19N5O2. The van der Waals surface area contributed by atoms with Gasteiger partial charge in [0.25, 0.3) is 5.91 Å². The summed E-state index contributed by atoms with van der Waals surface area (Å²) in [7, 11) is 0. The molecule has 2 aromatic heterocycles. The molecule has 1 atom stereocenters. The lowest BCUT2D eigenvalue weighted by Crippen LogP contribution is -2.16. The van der Waals surface area contributed by atoms with Gasteiger partial charge in [-0.1, -0.05) is 12.1 Å². The van der Waals surface area contributed by atoms with Gasteiger partial charge in [-0.2, -0.15) is 5.10 Å². The van der Waals surface area contributed by atoms with Crippen molar-refractivity contribution >= 4 is 22.6 Å². The highest BCUT2D eigenvalue weighted by Gasteiger charge is 2.27. The normalized spacial score (nSPS) is 17.2. The van der Waals surface area contributed by atoms with E-state index in [1.165, 1.54) is 0 Å². The number of ether oxygens (including phenoxy) is 1. The number of carbonyl (C=O) groups excluding carboxylic acids is 1. The Hall–Kier alpha value is -2.93. The van der Waals surface area contributed by atoms with E-state index in [4.69, 9.17) is 16.2 Å². The van der Waals surface area contributed by atoms with Crippen LogP contribution in [0.3, 0.4) is 0 Å². The Bertz CT molecular complexity index is 973. The third-order valence-electron chi connectivity index (χ3n) is 4.56. The van der Waals surface area contributed by atoms with Gasteiger partial charge in [0.1, 0.15) is 17.1 Å². The molecule has 7 nitrogen and oxygen atoms in total. The van der Waals surface area contributed by atoms with Crippen LogP contribution in [0, 0.1) is 6.92 Å². The molecule has 0 aliphatic carbocycles. The minimum atomic E-state index is -0.596. The highest BCUT2D eigenvalue weighted by atomic mass is 16.5. The number of aromatic nitrogens is 3. The number of hydrogen-bond acceptors (Lipinski definition) is 5. The molecule has 128 valence electrons. The first kappa shape index (κ1) is 15.6. The summed E-state index contributed by atoms with van der Waals surface area (Å²) in [6.07, 6.45) is 2.50. The maximum atomic E-state index is 12.0. The van der Waals surface area contributed by atoms with Gasteiger partial charge < -0.3 is 16.2 Å². The molecule has 0 radical (unpaired) electrons. The van der Waals surface area contributed by atoms with E-state index in [0.717, 1.165) is 28.5 Å². The standard InChI is InChI=1S/C18H19N5O2/c1-10-2-3-11-7-12(8-21-14(11)6-10)16-15(18(20)24)17(19)23(22-16)13-4-5-25-9-13/h2-3,6-8,13H,4-5,9,19H2,1H3,(H2,20,24). The van der Waals surface area contributed by atoms with Gasteiger partial charge in [-0.15, -0.1) is 0 Å². The van der Waals surface area contributed by atoms with Gasteiger partial charge in [-0.05, 0) is 31.0 Å². The fourth-order valence-electron chi connectivity index (χ4n) is 3.25. The predicted molar refractivity (Wildman–Crippen MR) is 95.1 cm³/mol. The van der Waals surface area contributed by atoms with Crippen LogP contribution in [-0.4, -0.2) is 33.9 Å². The number of primary amides is 1. The molecule has 7 heteroatoms. The molecule has 1 amide bonds. The molecule has 0 bridgehead atoms. The molecule has 1 unspecified atom stereocenters. The van der Waals surface area contributed by atoms with E-state index in [1.54, 1.807) is 10.9 Å². The Labute approximate surface area is 144 Å². The zero-order chi connectivity index (χ0) is 17.6. The lowest BCUT2D eigenvalue weighted by molar-refractivity contribution is 0.100. The summed E-state index contributed by atoms with van der Waals surface area (Å²) < 4.78 is 7.06. The number of rotatable bonds is 3. The largest absolute Gasteiger partial charge is 0.383 e. The predicted octanol–water partition coefficient (Wildman–Crippen LogP) is 2.05. The average Bonchev–Trinajstić information content (AvgIpc) is 3.21. The smallest absolute Gasteiger partial charge is 0.254 e. The second kappa shape index (κ2) is 5.86. The van der Waals surface area contributed by atoms with Crippen LogP contribution in [0.4, 0.5) is 5.82 Å². The van der Waals surface area contributed by atoms with Gasteiger partial charge in [-0.25, -0.2) is 4.68 Å². The summed E-state index contributed by atoms with van der Waals surface area (Å²) in [4.78, 5) is 16.5. The lowest BCUT2D eigenvalue weighted by Gasteiger charge is -2.09. The summed E-state index contributed by atoms with van der Waals surface area (Å²) in [6.45, 7) is 3.20. The maximum absolute atomic E-state index is 12.0. The second-order valence-electron chi connectivity index (χ2n) is 6.36. The first-order chi connectivity index (χ1) is 12.0. The van der Waals surface area contributed by atoms with Crippen molar-refractivity contribution in [1.82, 2.24) is 14.8 Å². The summed E-state index contributed by atoms with van der Waals surface area (Å²) in [5.74, 6) is -0.316. The molecule has 1 aliphatic rings. The van der Waals surface area contributed by atoms with Crippen LogP contribution in [0.2, 0.25) is 0 Å². The van der Waals surface area contributed by atoms with Crippen molar-refractivity contribution in [1.29, 1.82) is 0 Å². The van der Waals surface area contributed by atoms with Gasteiger partial charge in [0, 0.05) is 23.8 Å². The lowest BCUT2D eigenvalue weighted by atomic mass is 10.1. The zero-order valence-corrected chi connectivity index (χ0v) is 13.9. The SMILES string of the molecule is Cc1ccc2cc(-c3nn(C4CCOC4)c(N)c3C(N)=O)cnc2c1. The van der Waals surface area contributed by atoms with E-state index in [1.807, 2.05) is 31.2 Å². The highest BCUT2D eigenvalue weighted by molar-refractivity contribution is 6.03. The third-order valence-corrected chi connectivity index (χ3v) is 4.56. The molecular weight excluding hydrogens is 318 g/mol. The number of nitrogens with zero attached hydrogens (tertiary/aromatic N) is 3. The minimum Gasteiger partial charge on any atom is -0.383 e. The van der Waals surface area contributed by atoms with Crippen LogP contribution in [0.1, 0.15) is 28.4 Å². The van der Waals surface area contributed by atoms with Crippen molar-refractivity contribution in [2.24, 2.45) is 5.73 Å². The number of nitrogens with two attached hydrogens (primary N) is 2. The van der Waals surface area contributed by atoms with Crippen molar-refractivity contribution in [2.45, 2.75) is 19.4 Å². The van der Waals surface area contributed by atoms with Gasteiger partial charge in [0.15, 0.2) is 0 Å². The Morgan fingerprint density at radius 1 is 1.36 bits per heavy atom. The van der Waals surface area contributed by atoms with Crippen LogP contribution in [-0.2, 0) is 4.74 Å². The molecule has 1 fully saturated rings. The van der Waals surface area contributed by atoms with Gasteiger partial charge in [0.2, 0.25) is 0 Å². The molecule has 3 heterocycles. The second-order valence-corrected chi connectivity index (χ2v) is 6.36. The Morgan fingerprint density at radius 3 is 2.92 bits per heavy atom. The number of benzene rings is 1. The summed E-state index contributed by atoms with van der Waals surface area (Å²) >= 11 is 0. The number of pyridine rings is 1. The van der Waals surface area contributed by atoms with Crippen LogP contribution in [0.15, 0.2) is 30.5 Å². The molecule has 25 heavy (non-hydrogen) atoms. The monoisotopic (exact) mass is 337 g/mol. The number of carbonyl (C=O) groups is 1. The van der Waals surface area contributed by atoms with Crippen LogP contribution in [0.5, 0.6) is 0 Å². The van der Waals surface area contributed by atoms with E-state index in [9.17, 15) is 4.79 Å². The zero-order valence-electron chi connectivity index (χ0n) is 13.9. The minimum absolute atomic E-state index is 0.0166. The van der Waals surface area contributed by atoms with Gasteiger partial charge in [-0.3, -0.25) is 9.78 Å². The molecule has 1 saturated heterocycles. The number of amides is 1. The molecule has 0 spiro atoms. The number of anilines is 1. The van der Waals surface area contributed by atoms with E-state index in [-0.39, 0.29) is 17.4 Å². The topological polar surface area (TPSA) is 109 Å². The average molecular weight is 337 g/mol. The summed E-state index contributed by atoms with van der Waals surface area (Å²) in [6, 6.07) is 7.99. The Balaban J connectivity index is 1.87. The van der Waals surface area contributed by atoms with Crippen LogP contribution in [0.25, 0.3) is 22.2 Å². The third kappa shape index (κ3) is 2.62. The molecule has 4 N–H and O–H groups in total. The van der Waals surface area contributed by atoms with Crippen LogP contribution < -0.4 is 11.5 Å². The van der Waals surface area contributed by atoms with Crippen molar-refractivity contribution in [2.75, 3.05) is 18.9 Å². The molecule has 1 aromatic carbocycles. The highest BCUT2D eigenvalue weighted by Crippen LogP contribution is 2.32. The first-order valence-electron chi connectivity index (χ1n) is 8.17. The van der Waals surface area contributed by atoms with E-state index < -0.39 is 5.91 Å². The van der Waals surface area contributed by atoms with Crippen molar-refractivity contribution in [3.63, 3.8) is 0 Å². The van der Waals surface area contributed by atoms with E-state index in [2.05, 4.69) is 10.1 Å². The quantitative estimate of drug-likeness (QED) is 0.760. The summed E-state index contributed by atoms with van der Waals surface area (Å²) in [5.41, 5.74) is 15.2. The Morgan fingerprint density at radius 2 is 2.20 bits per heavy atom. The molecule has 3 aromatic rings. The van der Waals surface area contributed by atoms with Gasteiger partial charge in [0.05, 0.1) is 18.2 Å². The Kier molecular flexibility index (Phi) is 3.65. The molecule has 1 aliphatic heterocycles. The summed E-state index contributed by atoms with van der Waals surface area (Å²) in [5, 5.41) is 5.55. The van der Waals surface area contributed by atoms with Crippen molar-refractivity contribution < 1.29 is 9.53 Å². The van der Waals surface area contributed by atoms with Crippen molar-refractivity contribution in [3.05, 3.63) is 41.6 Å². The van der Waals surface area contributed by atoms with E-state index >= 15 is 0 Å². The number of aryl methyl sites for hydroxylation is 1. The fraction of sp³-hybridized carbons (Fsp3) is 0.278. The van der Waals surface area contributed by atoms with Crippen molar-refractivity contribution in [3.8, 4) is 11.3 Å².